The molecular weight excluding hydrogens is 250 g/mol. The Kier molecular flexibility index (Phi) is 4.01. The van der Waals surface area contributed by atoms with Crippen LogP contribution in [0.4, 0.5) is 0 Å². The summed E-state index contributed by atoms with van der Waals surface area (Å²) in [7, 11) is 0. The first-order valence-electron chi connectivity index (χ1n) is 7.27. The molecule has 1 heterocycles. The number of fused-ring (bicyclic) bond motifs is 1. The third kappa shape index (κ3) is 2.44. The summed E-state index contributed by atoms with van der Waals surface area (Å²) < 4.78 is 0. The normalized spacial score (nSPS) is 23.5. The number of aliphatic hydroxyl groups excluding tert-OH is 2. The third-order valence-electron chi connectivity index (χ3n) is 4.43. The average Bonchev–Trinajstić information content (AvgIpc) is 2.89. The molecule has 3 nitrogen and oxygen atoms in total. The average molecular weight is 271 g/mol. The summed E-state index contributed by atoms with van der Waals surface area (Å²) in [6.45, 7) is 1.13. The van der Waals surface area contributed by atoms with Crippen LogP contribution in [0.1, 0.15) is 18.4 Å². The van der Waals surface area contributed by atoms with Crippen LogP contribution in [0.3, 0.4) is 0 Å². The molecule has 0 bridgehead atoms. The van der Waals surface area contributed by atoms with E-state index in [1.54, 1.807) is 0 Å². The minimum atomic E-state index is 0.168. The summed E-state index contributed by atoms with van der Waals surface area (Å²) in [5.74, 6) is 0. The Morgan fingerprint density at radius 3 is 2.25 bits per heavy atom. The SMILES string of the molecule is OC[C@@H]1CC[C@H](CO)N1Cc1cccc2ccccc12. The molecule has 3 heteroatoms. The van der Waals surface area contributed by atoms with Gasteiger partial charge in [-0.15, -0.1) is 0 Å². The van der Waals surface area contributed by atoms with Crippen molar-refractivity contribution in [1.29, 1.82) is 0 Å². The predicted molar refractivity (Wildman–Crippen MR) is 80.5 cm³/mol. The van der Waals surface area contributed by atoms with E-state index < -0.39 is 0 Å². The first kappa shape index (κ1) is 13.6. The molecular formula is C17H21NO2. The molecule has 20 heavy (non-hydrogen) atoms. The van der Waals surface area contributed by atoms with E-state index in [4.69, 9.17) is 0 Å². The van der Waals surface area contributed by atoms with Crippen molar-refractivity contribution in [1.82, 2.24) is 4.90 Å². The molecule has 2 aromatic carbocycles. The molecule has 1 fully saturated rings. The maximum Gasteiger partial charge on any atom is 0.0587 e. The van der Waals surface area contributed by atoms with E-state index in [0.717, 1.165) is 19.4 Å². The summed E-state index contributed by atoms with van der Waals surface area (Å²) in [4.78, 5) is 2.25. The fourth-order valence-corrected chi connectivity index (χ4v) is 3.29. The molecule has 0 amide bonds. The zero-order chi connectivity index (χ0) is 13.9. The lowest BCUT2D eigenvalue weighted by molar-refractivity contribution is 0.0906. The predicted octanol–water partition coefficient (Wildman–Crippen LogP) is 2.16. The summed E-state index contributed by atoms with van der Waals surface area (Å²) in [5.41, 5.74) is 1.27. The molecule has 0 aliphatic carbocycles. The lowest BCUT2D eigenvalue weighted by Crippen LogP contribution is -2.39. The topological polar surface area (TPSA) is 43.7 Å². The molecule has 1 saturated heterocycles. The van der Waals surface area contributed by atoms with E-state index in [0.29, 0.717) is 0 Å². The van der Waals surface area contributed by atoms with Crippen molar-refractivity contribution < 1.29 is 10.2 Å². The molecule has 3 rings (SSSR count). The number of benzene rings is 2. The Labute approximate surface area is 119 Å². The van der Waals surface area contributed by atoms with Gasteiger partial charge in [-0.1, -0.05) is 42.5 Å². The van der Waals surface area contributed by atoms with Gasteiger partial charge in [0.2, 0.25) is 0 Å². The molecule has 0 spiro atoms. The van der Waals surface area contributed by atoms with Gasteiger partial charge in [-0.25, -0.2) is 0 Å². The summed E-state index contributed by atoms with van der Waals surface area (Å²) in [5, 5.41) is 21.5. The fraction of sp³-hybridized carbons (Fsp3) is 0.412. The fourth-order valence-electron chi connectivity index (χ4n) is 3.29. The first-order chi connectivity index (χ1) is 9.83. The van der Waals surface area contributed by atoms with Crippen LogP contribution in [0.2, 0.25) is 0 Å². The monoisotopic (exact) mass is 271 g/mol. The molecule has 2 atom stereocenters. The Morgan fingerprint density at radius 1 is 0.900 bits per heavy atom. The number of hydrogen-bond donors (Lipinski definition) is 2. The van der Waals surface area contributed by atoms with Crippen LogP contribution in [0.5, 0.6) is 0 Å². The summed E-state index contributed by atoms with van der Waals surface area (Å²) in [6, 6.07) is 15.1. The van der Waals surface area contributed by atoms with Crippen LogP contribution in [0.25, 0.3) is 10.8 Å². The second-order valence-corrected chi connectivity index (χ2v) is 5.56. The van der Waals surface area contributed by atoms with E-state index in [-0.39, 0.29) is 25.3 Å². The first-order valence-corrected chi connectivity index (χ1v) is 7.27. The van der Waals surface area contributed by atoms with Gasteiger partial charge in [-0.2, -0.15) is 0 Å². The van der Waals surface area contributed by atoms with Crippen molar-refractivity contribution in [2.45, 2.75) is 31.5 Å². The summed E-state index contributed by atoms with van der Waals surface area (Å²) in [6.07, 6.45) is 1.93. The van der Waals surface area contributed by atoms with Gasteiger partial charge in [-0.3, -0.25) is 4.90 Å². The standard InChI is InChI=1S/C17H21NO2/c19-11-15-8-9-16(12-20)18(15)10-14-6-3-5-13-4-1-2-7-17(13)14/h1-7,15-16,19-20H,8-12H2/t15-,16+. The van der Waals surface area contributed by atoms with Crippen molar-refractivity contribution in [3.8, 4) is 0 Å². The van der Waals surface area contributed by atoms with Crippen LogP contribution in [0, 0.1) is 0 Å². The van der Waals surface area contributed by atoms with Gasteiger partial charge in [0.15, 0.2) is 0 Å². The van der Waals surface area contributed by atoms with Crippen molar-refractivity contribution in [3.05, 3.63) is 48.0 Å². The maximum atomic E-state index is 9.52. The Morgan fingerprint density at radius 2 is 1.55 bits per heavy atom. The van der Waals surface area contributed by atoms with E-state index in [1.165, 1.54) is 16.3 Å². The smallest absolute Gasteiger partial charge is 0.0587 e. The highest BCUT2D eigenvalue weighted by Crippen LogP contribution is 2.28. The molecule has 1 aliphatic heterocycles. The number of rotatable bonds is 4. The van der Waals surface area contributed by atoms with Gasteiger partial charge in [0.1, 0.15) is 0 Å². The van der Waals surface area contributed by atoms with Gasteiger partial charge in [-0.05, 0) is 29.2 Å². The molecule has 2 aromatic rings. The lowest BCUT2D eigenvalue weighted by Gasteiger charge is -2.28. The Bertz CT molecular complexity index is 567. The number of nitrogens with zero attached hydrogens (tertiary/aromatic N) is 1. The van der Waals surface area contributed by atoms with Crippen LogP contribution in [0.15, 0.2) is 42.5 Å². The molecule has 0 unspecified atom stereocenters. The second kappa shape index (κ2) is 5.92. The second-order valence-electron chi connectivity index (χ2n) is 5.56. The van der Waals surface area contributed by atoms with Gasteiger partial charge in [0.25, 0.3) is 0 Å². The lowest BCUT2D eigenvalue weighted by atomic mass is 10.0. The number of hydrogen-bond acceptors (Lipinski definition) is 3. The minimum absolute atomic E-state index is 0.168. The van der Waals surface area contributed by atoms with E-state index >= 15 is 0 Å². The Hall–Kier alpha value is -1.42. The minimum Gasteiger partial charge on any atom is -0.395 e. The van der Waals surface area contributed by atoms with Gasteiger partial charge >= 0.3 is 0 Å². The van der Waals surface area contributed by atoms with Crippen molar-refractivity contribution in [3.63, 3.8) is 0 Å². The number of likely N-dealkylation sites (tertiary alicyclic amines) is 1. The highest BCUT2D eigenvalue weighted by molar-refractivity contribution is 5.85. The van der Waals surface area contributed by atoms with Crippen molar-refractivity contribution in [2.75, 3.05) is 13.2 Å². The zero-order valence-electron chi connectivity index (χ0n) is 11.6. The van der Waals surface area contributed by atoms with Crippen LogP contribution >= 0.6 is 0 Å². The highest BCUT2D eigenvalue weighted by Gasteiger charge is 2.32. The largest absolute Gasteiger partial charge is 0.395 e. The molecule has 1 aliphatic rings. The molecule has 2 N–H and O–H groups in total. The molecule has 0 aromatic heterocycles. The van der Waals surface area contributed by atoms with Gasteiger partial charge in [0, 0.05) is 18.6 Å². The maximum absolute atomic E-state index is 9.52. The number of aliphatic hydroxyl groups is 2. The van der Waals surface area contributed by atoms with Gasteiger partial charge in [0.05, 0.1) is 13.2 Å². The molecule has 106 valence electrons. The highest BCUT2D eigenvalue weighted by atomic mass is 16.3. The van der Waals surface area contributed by atoms with E-state index in [1.807, 2.05) is 0 Å². The van der Waals surface area contributed by atoms with Crippen molar-refractivity contribution in [2.24, 2.45) is 0 Å². The summed E-state index contributed by atoms with van der Waals surface area (Å²) >= 11 is 0. The van der Waals surface area contributed by atoms with Gasteiger partial charge < -0.3 is 10.2 Å². The van der Waals surface area contributed by atoms with Crippen molar-refractivity contribution >= 4 is 10.8 Å². The van der Waals surface area contributed by atoms with E-state index in [2.05, 4.69) is 47.4 Å². The third-order valence-corrected chi connectivity index (χ3v) is 4.43. The molecule has 0 radical (unpaired) electrons. The van der Waals surface area contributed by atoms with Crippen LogP contribution in [-0.4, -0.2) is 40.4 Å². The van der Waals surface area contributed by atoms with E-state index in [9.17, 15) is 10.2 Å². The molecule has 0 saturated carbocycles. The van der Waals surface area contributed by atoms with Crippen LogP contribution in [-0.2, 0) is 6.54 Å². The quantitative estimate of drug-likeness (QED) is 0.895. The van der Waals surface area contributed by atoms with Crippen LogP contribution < -0.4 is 0 Å². The zero-order valence-corrected chi connectivity index (χ0v) is 11.6. The Balaban J connectivity index is 1.92.